The van der Waals surface area contributed by atoms with E-state index in [0.29, 0.717) is 30.5 Å². The predicted molar refractivity (Wildman–Crippen MR) is 123 cm³/mol. The van der Waals surface area contributed by atoms with E-state index in [1.165, 1.54) is 12.5 Å². The quantitative estimate of drug-likeness (QED) is 0.328. The number of ether oxygens (including phenoxy) is 1. The zero-order chi connectivity index (χ0) is 19.8. The lowest BCUT2D eigenvalue weighted by Crippen LogP contribution is -2.49. The Bertz CT molecular complexity index is 648. The Balaban J connectivity index is 0.00000300. The zero-order valence-corrected chi connectivity index (χ0v) is 19.5. The maximum atomic E-state index is 13.8. The number of rotatable bonds is 7. The number of piperidine rings is 1. The molecule has 1 atom stereocenters. The van der Waals surface area contributed by atoms with Crippen LogP contribution >= 0.6 is 24.0 Å². The Kier molecular flexibility index (Phi) is 10.6. The van der Waals surface area contributed by atoms with Gasteiger partial charge in [-0.05, 0) is 50.2 Å². The Morgan fingerprint density at radius 1 is 1.24 bits per heavy atom. The molecule has 2 fully saturated rings. The van der Waals surface area contributed by atoms with Crippen LogP contribution in [0.4, 0.5) is 8.78 Å². The Morgan fingerprint density at radius 2 is 2.03 bits per heavy atom. The minimum atomic E-state index is -0.803. The number of likely N-dealkylation sites (tertiary alicyclic amines) is 1. The van der Waals surface area contributed by atoms with Gasteiger partial charge >= 0.3 is 0 Å². The van der Waals surface area contributed by atoms with Gasteiger partial charge in [-0.2, -0.15) is 0 Å². The lowest BCUT2D eigenvalue weighted by Gasteiger charge is -2.34. The Morgan fingerprint density at radius 3 is 2.72 bits per heavy atom. The summed E-state index contributed by atoms with van der Waals surface area (Å²) in [6.07, 6.45) is 3.72. The van der Waals surface area contributed by atoms with E-state index < -0.39 is 11.6 Å². The van der Waals surface area contributed by atoms with Gasteiger partial charge in [-0.25, -0.2) is 8.78 Å². The van der Waals surface area contributed by atoms with Gasteiger partial charge in [0.25, 0.3) is 0 Å². The van der Waals surface area contributed by atoms with E-state index in [-0.39, 0.29) is 24.0 Å². The van der Waals surface area contributed by atoms with Crippen LogP contribution < -0.4 is 10.6 Å². The van der Waals surface area contributed by atoms with E-state index in [9.17, 15) is 8.78 Å². The molecule has 164 valence electrons. The van der Waals surface area contributed by atoms with Gasteiger partial charge in [-0.15, -0.1) is 24.0 Å². The van der Waals surface area contributed by atoms with Crippen molar-refractivity contribution in [3.8, 4) is 0 Å². The van der Waals surface area contributed by atoms with E-state index in [0.717, 1.165) is 64.3 Å². The van der Waals surface area contributed by atoms with Gasteiger partial charge in [0.1, 0.15) is 0 Å². The van der Waals surface area contributed by atoms with E-state index in [1.807, 2.05) is 6.92 Å². The summed E-state index contributed by atoms with van der Waals surface area (Å²) in [5.74, 6) is -0.133. The highest BCUT2D eigenvalue weighted by Crippen LogP contribution is 2.17. The average Bonchev–Trinajstić information content (AvgIpc) is 3.20. The van der Waals surface area contributed by atoms with Crippen molar-refractivity contribution in [2.45, 2.75) is 38.6 Å². The first kappa shape index (κ1) is 24.3. The number of nitrogens with one attached hydrogen (secondary N) is 2. The largest absolute Gasteiger partial charge is 0.381 e. The SMILES string of the molecule is CCNC(=NCCc1cccc(F)c1F)NC1CCN(CC2CCOC2)CC1.I. The van der Waals surface area contributed by atoms with Gasteiger partial charge in [-0.1, -0.05) is 12.1 Å². The Hall–Kier alpha value is -1.00. The predicted octanol–water partition coefficient (Wildman–Crippen LogP) is 3.18. The monoisotopic (exact) mass is 522 g/mol. The fourth-order valence-corrected chi connectivity index (χ4v) is 3.90. The van der Waals surface area contributed by atoms with Crippen LogP contribution in [0.1, 0.15) is 31.7 Å². The van der Waals surface area contributed by atoms with Crippen molar-refractivity contribution in [2.24, 2.45) is 10.9 Å². The van der Waals surface area contributed by atoms with Crippen molar-refractivity contribution < 1.29 is 13.5 Å². The van der Waals surface area contributed by atoms with Gasteiger partial charge in [0, 0.05) is 45.4 Å². The molecule has 29 heavy (non-hydrogen) atoms. The maximum absolute atomic E-state index is 13.8. The van der Waals surface area contributed by atoms with Crippen molar-refractivity contribution in [2.75, 3.05) is 45.9 Å². The molecule has 2 aliphatic rings. The van der Waals surface area contributed by atoms with Crippen LogP contribution in [-0.2, 0) is 11.2 Å². The highest BCUT2D eigenvalue weighted by atomic mass is 127. The van der Waals surface area contributed by atoms with Crippen molar-refractivity contribution in [3.63, 3.8) is 0 Å². The molecule has 2 N–H and O–H groups in total. The summed E-state index contributed by atoms with van der Waals surface area (Å²) in [4.78, 5) is 7.09. The van der Waals surface area contributed by atoms with Crippen LogP contribution in [0.3, 0.4) is 0 Å². The number of halogens is 3. The summed E-state index contributed by atoms with van der Waals surface area (Å²) in [6, 6.07) is 4.67. The van der Waals surface area contributed by atoms with Crippen LogP contribution in [0.15, 0.2) is 23.2 Å². The van der Waals surface area contributed by atoms with Crippen molar-refractivity contribution in [3.05, 3.63) is 35.4 Å². The highest BCUT2D eigenvalue weighted by molar-refractivity contribution is 14.0. The highest BCUT2D eigenvalue weighted by Gasteiger charge is 2.24. The number of hydrogen-bond acceptors (Lipinski definition) is 3. The molecule has 0 aromatic heterocycles. The second-order valence-electron chi connectivity index (χ2n) is 7.67. The van der Waals surface area contributed by atoms with E-state index in [4.69, 9.17) is 4.74 Å². The van der Waals surface area contributed by atoms with Crippen LogP contribution in [0.5, 0.6) is 0 Å². The number of nitrogens with zero attached hydrogens (tertiary/aromatic N) is 2. The number of benzene rings is 1. The molecule has 0 spiro atoms. The van der Waals surface area contributed by atoms with E-state index >= 15 is 0 Å². The van der Waals surface area contributed by atoms with Crippen molar-refractivity contribution in [1.82, 2.24) is 15.5 Å². The summed E-state index contributed by atoms with van der Waals surface area (Å²) in [5, 5.41) is 6.76. The number of aliphatic imine (C=N–C) groups is 1. The first-order chi connectivity index (χ1) is 13.7. The third kappa shape index (κ3) is 7.64. The molecule has 0 saturated carbocycles. The molecule has 8 heteroatoms. The molecule has 1 aromatic carbocycles. The molecule has 2 aliphatic heterocycles. The van der Waals surface area contributed by atoms with Gasteiger partial charge in [-0.3, -0.25) is 4.99 Å². The van der Waals surface area contributed by atoms with Gasteiger partial charge in [0.15, 0.2) is 17.6 Å². The molecule has 0 radical (unpaired) electrons. The fraction of sp³-hybridized carbons (Fsp3) is 0.667. The summed E-state index contributed by atoms with van der Waals surface area (Å²) in [6.45, 7) is 8.32. The molecule has 0 bridgehead atoms. The third-order valence-corrected chi connectivity index (χ3v) is 5.50. The fourth-order valence-electron chi connectivity index (χ4n) is 3.90. The van der Waals surface area contributed by atoms with Crippen LogP contribution in [0.25, 0.3) is 0 Å². The van der Waals surface area contributed by atoms with Crippen LogP contribution in [0, 0.1) is 17.6 Å². The second kappa shape index (κ2) is 12.6. The third-order valence-electron chi connectivity index (χ3n) is 5.50. The standard InChI is InChI=1S/C21H32F2N4O.HI/c1-2-24-21(25-10-6-17-4-3-5-19(22)20(17)23)26-18-7-11-27(12-8-18)14-16-9-13-28-15-16;/h3-5,16,18H,2,6-15H2,1H3,(H2,24,25,26);1H. The molecule has 3 rings (SSSR count). The molecule has 1 unspecified atom stereocenters. The smallest absolute Gasteiger partial charge is 0.191 e. The summed E-state index contributed by atoms with van der Waals surface area (Å²) >= 11 is 0. The van der Waals surface area contributed by atoms with Crippen molar-refractivity contribution >= 4 is 29.9 Å². The van der Waals surface area contributed by atoms with Crippen LogP contribution in [-0.4, -0.2) is 62.8 Å². The van der Waals surface area contributed by atoms with Gasteiger partial charge in [0.2, 0.25) is 0 Å². The molecule has 0 aliphatic carbocycles. The topological polar surface area (TPSA) is 48.9 Å². The number of guanidine groups is 1. The second-order valence-corrected chi connectivity index (χ2v) is 7.67. The lowest BCUT2D eigenvalue weighted by molar-refractivity contribution is 0.150. The molecule has 0 amide bonds. The van der Waals surface area contributed by atoms with Gasteiger partial charge < -0.3 is 20.3 Å². The number of hydrogen-bond donors (Lipinski definition) is 2. The first-order valence-electron chi connectivity index (χ1n) is 10.4. The molecule has 1 aromatic rings. The molecule has 2 heterocycles. The Labute approximate surface area is 189 Å². The van der Waals surface area contributed by atoms with E-state index in [1.54, 1.807) is 6.07 Å². The molecule has 2 saturated heterocycles. The molecule has 5 nitrogen and oxygen atoms in total. The van der Waals surface area contributed by atoms with E-state index in [2.05, 4.69) is 20.5 Å². The van der Waals surface area contributed by atoms with Crippen LogP contribution in [0.2, 0.25) is 0 Å². The summed E-state index contributed by atoms with van der Waals surface area (Å²) in [5.41, 5.74) is 0.365. The molecular formula is C21H33F2IN4O. The first-order valence-corrected chi connectivity index (χ1v) is 10.4. The molecular weight excluding hydrogens is 489 g/mol. The lowest BCUT2D eigenvalue weighted by atomic mass is 10.0. The maximum Gasteiger partial charge on any atom is 0.191 e. The minimum Gasteiger partial charge on any atom is -0.381 e. The van der Waals surface area contributed by atoms with Gasteiger partial charge in [0.05, 0.1) is 6.61 Å². The minimum absolute atomic E-state index is 0. The van der Waals surface area contributed by atoms with Crippen molar-refractivity contribution in [1.29, 1.82) is 0 Å². The average molecular weight is 522 g/mol. The zero-order valence-electron chi connectivity index (χ0n) is 17.1. The summed E-state index contributed by atoms with van der Waals surface area (Å²) in [7, 11) is 0. The normalized spacial score (nSPS) is 21.1. The summed E-state index contributed by atoms with van der Waals surface area (Å²) < 4.78 is 32.5.